The molecule has 0 bridgehead atoms. The number of hydrogen-bond acceptors (Lipinski definition) is 3. The van der Waals surface area contributed by atoms with Crippen LogP contribution >= 0.6 is 11.3 Å². The molecule has 0 atom stereocenters. The molecule has 0 saturated carbocycles. The van der Waals surface area contributed by atoms with E-state index in [4.69, 9.17) is 0 Å². The van der Waals surface area contributed by atoms with Crippen LogP contribution in [0.15, 0.2) is 53.3 Å². The van der Waals surface area contributed by atoms with Crippen LogP contribution in [0, 0.1) is 5.82 Å². The van der Waals surface area contributed by atoms with Crippen molar-refractivity contribution >= 4 is 21.6 Å². The lowest BCUT2D eigenvalue weighted by Crippen LogP contribution is -2.01. The summed E-state index contributed by atoms with van der Waals surface area (Å²) in [5, 5.41) is 6.09. The highest BCUT2D eigenvalue weighted by Gasteiger charge is 2.17. The monoisotopic (exact) mass is 311 g/mol. The van der Waals surface area contributed by atoms with Crippen LogP contribution in [0.25, 0.3) is 32.0 Å². The zero-order chi connectivity index (χ0) is 15.1. The van der Waals surface area contributed by atoms with Crippen LogP contribution in [0.4, 0.5) is 4.39 Å². The van der Waals surface area contributed by atoms with Gasteiger partial charge in [0.2, 0.25) is 0 Å². The van der Waals surface area contributed by atoms with Crippen molar-refractivity contribution in [3.63, 3.8) is 0 Å². The van der Waals surface area contributed by atoms with Crippen LogP contribution in [0.5, 0.6) is 0 Å². The lowest BCUT2D eigenvalue weighted by atomic mass is 10.1. The van der Waals surface area contributed by atoms with E-state index >= 15 is 0 Å². The first-order valence-electron chi connectivity index (χ1n) is 6.65. The van der Waals surface area contributed by atoms with Crippen molar-refractivity contribution in [1.82, 2.24) is 15.2 Å². The molecule has 0 saturated heterocycles. The molecule has 4 nitrogen and oxygen atoms in total. The summed E-state index contributed by atoms with van der Waals surface area (Å²) < 4.78 is 14.1. The van der Waals surface area contributed by atoms with Crippen LogP contribution in [0.1, 0.15) is 0 Å². The van der Waals surface area contributed by atoms with Crippen molar-refractivity contribution in [2.24, 2.45) is 0 Å². The van der Waals surface area contributed by atoms with Crippen LogP contribution in [0.3, 0.4) is 0 Å². The van der Waals surface area contributed by atoms with Crippen LogP contribution in [-0.2, 0) is 0 Å². The predicted octanol–water partition coefficient (Wildman–Crippen LogP) is 3.79. The van der Waals surface area contributed by atoms with Gasteiger partial charge in [-0.15, -0.1) is 11.3 Å². The second-order valence-corrected chi connectivity index (χ2v) is 5.85. The molecule has 2 aromatic heterocycles. The molecule has 0 radical (unpaired) electrons. The van der Waals surface area contributed by atoms with Crippen molar-refractivity contribution in [3.05, 3.63) is 64.7 Å². The highest BCUT2D eigenvalue weighted by Crippen LogP contribution is 2.33. The fourth-order valence-corrected chi connectivity index (χ4v) is 3.39. The van der Waals surface area contributed by atoms with Crippen LogP contribution < -0.4 is 5.56 Å². The third-order valence-corrected chi connectivity index (χ3v) is 4.47. The minimum absolute atomic E-state index is 0.238. The number of nitrogens with zero attached hydrogens (tertiary/aromatic N) is 1. The standard InChI is InChI=1S/C16H10FN3OS/c17-10-7-5-9(6-8-10)14-13(15(21)20-19-14)16-18-11-3-1-2-4-12(11)22-16/h1-8H,(H2,19,20,21). The summed E-state index contributed by atoms with van der Waals surface area (Å²) in [7, 11) is 0. The average Bonchev–Trinajstić information content (AvgIpc) is 3.11. The van der Waals surface area contributed by atoms with Gasteiger partial charge < -0.3 is 0 Å². The molecule has 0 spiro atoms. The number of halogens is 1. The van der Waals surface area contributed by atoms with Gasteiger partial charge >= 0.3 is 0 Å². The molecule has 0 fully saturated rings. The van der Waals surface area contributed by atoms with Gasteiger partial charge in [0.05, 0.1) is 15.9 Å². The molecule has 6 heteroatoms. The number of aromatic nitrogens is 3. The Balaban J connectivity index is 1.93. The fourth-order valence-electron chi connectivity index (χ4n) is 2.37. The van der Waals surface area contributed by atoms with Gasteiger partial charge in [0, 0.05) is 5.56 Å². The normalized spacial score (nSPS) is 11.1. The maximum Gasteiger partial charge on any atom is 0.274 e. The first-order valence-corrected chi connectivity index (χ1v) is 7.46. The molecular weight excluding hydrogens is 301 g/mol. The molecule has 2 aromatic carbocycles. The van der Waals surface area contributed by atoms with E-state index in [-0.39, 0.29) is 11.4 Å². The Morgan fingerprint density at radius 3 is 2.55 bits per heavy atom. The number of rotatable bonds is 2. The molecular formula is C16H10FN3OS. The second kappa shape index (κ2) is 4.92. The quantitative estimate of drug-likeness (QED) is 0.592. The third kappa shape index (κ3) is 2.05. The van der Waals surface area contributed by atoms with Crippen molar-refractivity contribution in [1.29, 1.82) is 0 Å². The van der Waals surface area contributed by atoms with Crippen molar-refractivity contribution in [3.8, 4) is 21.8 Å². The minimum atomic E-state index is -0.317. The SMILES string of the molecule is O=c1[nH][nH]c(-c2ccc(F)cc2)c1-c1nc2ccccc2s1. The molecule has 0 unspecified atom stereocenters. The minimum Gasteiger partial charge on any atom is -0.297 e. The van der Waals surface area contributed by atoms with Gasteiger partial charge in [-0.2, -0.15) is 0 Å². The van der Waals surface area contributed by atoms with E-state index in [1.165, 1.54) is 23.5 Å². The Labute approximate surface area is 128 Å². The summed E-state index contributed by atoms with van der Waals surface area (Å²) in [4.78, 5) is 16.7. The number of nitrogens with one attached hydrogen (secondary N) is 2. The first-order chi connectivity index (χ1) is 10.7. The van der Waals surface area contributed by atoms with Crippen LogP contribution in [0.2, 0.25) is 0 Å². The van der Waals surface area contributed by atoms with Gasteiger partial charge in [0.1, 0.15) is 16.4 Å². The van der Waals surface area contributed by atoms with Crippen molar-refractivity contribution in [2.45, 2.75) is 0 Å². The van der Waals surface area contributed by atoms with E-state index in [0.29, 0.717) is 16.3 Å². The molecule has 0 aliphatic carbocycles. The third-order valence-electron chi connectivity index (χ3n) is 3.42. The van der Waals surface area contributed by atoms with E-state index < -0.39 is 0 Å². The number of hydrogen-bond donors (Lipinski definition) is 2. The highest BCUT2D eigenvalue weighted by atomic mass is 32.1. The van der Waals surface area contributed by atoms with Crippen molar-refractivity contribution < 1.29 is 4.39 Å². The van der Waals surface area contributed by atoms with Gasteiger partial charge in [0.15, 0.2) is 0 Å². The Hall–Kier alpha value is -2.73. The number of benzene rings is 2. The molecule has 4 rings (SSSR count). The zero-order valence-electron chi connectivity index (χ0n) is 11.3. The first kappa shape index (κ1) is 13.0. The summed E-state index contributed by atoms with van der Waals surface area (Å²) in [6.07, 6.45) is 0. The summed E-state index contributed by atoms with van der Waals surface area (Å²) >= 11 is 1.46. The predicted molar refractivity (Wildman–Crippen MR) is 85.4 cm³/mol. The molecule has 0 aliphatic heterocycles. The van der Waals surface area contributed by atoms with Gasteiger partial charge in [-0.3, -0.25) is 15.0 Å². The Kier molecular flexibility index (Phi) is 2.90. The van der Waals surface area contributed by atoms with E-state index in [1.54, 1.807) is 12.1 Å². The lowest BCUT2D eigenvalue weighted by Gasteiger charge is -2.00. The van der Waals surface area contributed by atoms with E-state index in [0.717, 1.165) is 15.8 Å². The average molecular weight is 311 g/mol. The second-order valence-electron chi connectivity index (χ2n) is 4.82. The number of para-hydroxylation sites is 1. The summed E-state index contributed by atoms with van der Waals surface area (Å²) in [6.45, 7) is 0. The Bertz CT molecular complexity index is 981. The van der Waals surface area contributed by atoms with Gasteiger partial charge in [0.25, 0.3) is 5.56 Å². The highest BCUT2D eigenvalue weighted by molar-refractivity contribution is 7.21. The number of H-pyrrole nitrogens is 2. The van der Waals surface area contributed by atoms with E-state index in [2.05, 4.69) is 15.2 Å². The summed E-state index contributed by atoms with van der Waals surface area (Å²) in [5.74, 6) is -0.317. The Morgan fingerprint density at radius 1 is 1.00 bits per heavy atom. The lowest BCUT2D eigenvalue weighted by molar-refractivity contribution is 0.628. The van der Waals surface area contributed by atoms with Gasteiger partial charge in [-0.1, -0.05) is 12.1 Å². The molecule has 22 heavy (non-hydrogen) atoms. The zero-order valence-corrected chi connectivity index (χ0v) is 12.1. The number of aromatic amines is 2. The largest absolute Gasteiger partial charge is 0.297 e. The van der Waals surface area contributed by atoms with E-state index in [1.807, 2.05) is 24.3 Å². The van der Waals surface area contributed by atoms with Gasteiger partial charge in [-0.05, 0) is 36.4 Å². The van der Waals surface area contributed by atoms with Gasteiger partial charge in [-0.25, -0.2) is 9.37 Å². The molecule has 0 amide bonds. The van der Waals surface area contributed by atoms with Crippen LogP contribution in [-0.4, -0.2) is 15.2 Å². The summed E-state index contributed by atoms with van der Waals surface area (Å²) in [6, 6.07) is 13.7. The molecule has 2 N–H and O–H groups in total. The summed E-state index contributed by atoms with van der Waals surface area (Å²) in [5.41, 5.74) is 2.44. The van der Waals surface area contributed by atoms with Crippen molar-refractivity contribution in [2.75, 3.05) is 0 Å². The number of thiazole rings is 1. The molecule has 4 aromatic rings. The maximum absolute atomic E-state index is 13.1. The number of fused-ring (bicyclic) bond motifs is 1. The molecule has 2 heterocycles. The Morgan fingerprint density at radius 2 is 1.77 bits per heavy atom. The van der Waals surface area contributed by atoms with E-state index in [9.17, 15) is 9.18 Å². The maximum atomic E-state index is 13.1. The fraction of sp³-hybridized carbons (Fsp3) is 0. The topological polar surface area (TPSA) is 61.5 Å². The smallest absolute Gasteiger partial charge is 0.274 e. The molecule has 0 aliphatic rings. The molecule has 108 valence electrons.